The molecule has 1 rings (SSSR count). The third kappa shape index (κ3) is 2.65. The van der Waals surface area contributed by atoms with Crippen molar-refractivity contribution in [3.05, 3.63) is 24.3 Å². The summed E-state index contributed by atoms with van der Waals surface area (Å²) in [6, 6.07) is 0. The predicted octanol–water partition coefficient (Wildman–Crippen LogP) is 3.44. The molecule has 0 saturated carbocycles. The van der Waals surface area contributed by atoms with Crippen molar-refractivity contribution in [2.24, 2.45) is 0 Å². The molecule has 0 atom stereocenters. The van der Waals surface area contributed by atoms with Gasteiger partial charge in [0.2, 0.25) is 0 Å². The molecule has 0 saturated heterocycles. The molecule has 0 aromatic heterocycles. The Kier molecular flexibility index (Phi) is 6.84. The minimum absolute atomic E-state index is 0.257. The van der Waals surface area contributed by atoms with Gasteiger partial charge in [-0.25, -0.2) is 0 Å². The average Bonchev–Trinajstić information content (AvgIpc) is 2.97. The van der Waals surface area contributed by atoms with Crippen molar-refractivity contribution in [2.75, 3.05) is 40.8 Å². The molecule has 3 nitrogen and oxygen atoms in total. The van der Waals surface area contributed by atoms with Crippen molar-refractivity contribution in [1.29, 1.82) is 0 Å². The van der Waals surface area contributed by atoms with Crippen LogP contribution in [0.5, 0.6) is 0 Å². The fourth-order valence-electron chi connectivity index (χ4n) is 3.81. The van der Waals surface area contributed by atoms with Crippen molar-refractivity contribution in [2.45, 2.75) is 37.3 Å². The van der Waals surface area contributed by atoms with E-state index in [2.05, 4.69) is 81.8 Å². The molecule has 0 radical (unpaired) electrons. The van der Waals surface area contributed by atoms with Gasteiger partial charge in [-0.1, -0.05) is 0 Å². The van der Waals surface area contributed by atoms with Gasteiger partial charge in [0.05, 0.1) is 0 Å². The van der Waals surface area contributed by atoms with Crippen LogP contribution in [-0.2, 0) is 20.8 Å². The van der Waals surface area contributed by atoms with Gasteiger partial charge in [0.1, 0.15) is 0 Å². The topological polar surface area (TPSA) is 9.72 Å². The molecule has 0 spiro atoms. The Morgan fingerprint density at radius 3 is 1.35 bits per heavy atom. The molecule has 0 unspecified atom stereocenters. The first kappa shape index (κ1) is 18.3. The molecule has 0 fully saturated rings. The van der Waals surface area contributed by atoms with Crippen LogP contribution < -0.4 is 0 Å². The van der Waals surface area contributed by atoms with Crippen molar-refractivity contribution < 1.29 is 20.8 Å². The van der Waals surface area contributed by atoms with E-state index in [1.54, 1.807) is 0 Å². The van der Waals surface area contributed by atoms with E-state index >= 15 is 0 Å². The molecule has 20 heavy (non-hydrogen) atoms. The molecule has 0 bridgehead atoms. The first-order valence-corrected chi connectivity index (χ1v) is 14.6. The monoisotopic (exact) mass is 447 g/mol. The average molecular weight is 446 g/mol. The summed E-state index contributed by atoms with van der Waals surface area (Å²) in [5.41, 5.74) is 0. The number of hydrogen-bond acceptors (Lipinski definition) is 3. The van der Waals surface area contributed by atoms with Gasteiger partial charge in [0.25, 0.3) is 0 Å². The van der Waals surface area contributed by atoms with E-state index < -0.39 is 20.8 Å². The molecule has 0 aromatic carbocycles. The second-order valence-electron chi connectivity index (χ2n) is 5.79. The van der Waals surface area contributed by atoms with Crippen LogP contribution in [0.1, 0.15) is 34.1 Å². The zero-order chi connectivity index (χ0) is 15.4. The number of rotatable bonds is 8. The van der Waals surface area contributed by atoms with E-state index in [-0.39, 0.29) is 3.17 Å². The van der Waals surface area contributed by atoms with Crippen LogP contribution in [0.3, 0.4) is 0 Å². The van der Waals surface area contributed by atoms with Crippen molar-refractivity contribution in [1.82, 2.24) is 8.66 Å². The van der Waals surface area contributed by atoms with Gasteiger partial charge >= 0.3 is 132 Å². The Balaban J connectivity index is 3.51. The van der Waals surface area contributed by atoms with E-state index in [1.807, 2.05) is 0 Å². The van der Waals surface area contributed by atoms with Gasteiger partial charge in [-0.15, -0.1) is 0 Å². The summed E-state index contributed by atoms with van der Waals surface area (Å²) < 4.78 is 8.39. The third-order valence-corrected chi connectivity index (χ3v) is 27.0. The molecule has 0 heterocycles. The molecule has 1 aliphatic carbocycles. The Morgan fingerprint density at radius 2 is 1.10 bits per heavy atom. The maximum atomic E-state index is 2.71. The fourth-order valence-corrected chi connectivity index (χ4v) is 26.5. The summed E-state index contributed by atoms with van der Waals surface area (Å²) in [5.74, 6) is 0. The SMILES string of the molecule is CC[N](C)[Hf]([N](C)CC)([N](C)CC)[C]1(CC)C=CC=C1. The first-order chi connectivity index (χ1) is 9.46. The van der Waals surface area contributed by atoms with E-state index in [0.717, 1.165) is 19.6 Å². The predicted molar refractivity (Wildman–Crippen MR) is 86.2 cm³/mol. The second kappa shape index (κ2) is 7.48. The van der Waals surface area contributed by atoms with Crippen LogP contribution in [0.15, 0.2) is 24.3 Å². The van der Waals surface area contributed by atoms with Gasteiger partial charge in [0.15, 0.2) is 0 Å². The van der Waals surface area contributed by atoms with E-state index in [9.17, 15) is 0 Å². The van der Waals surface area contributed by atoms with E-state index in [4.69, 9.17) is 0 Å². The summed E-state index contributed by atoms with van der Waals surface area (Å²) >= 11 is -3.12. The Hall–Kier alpha value is 0.230. The molecule has 0 amide bonds. The summed E-state index contributed by atoms with van der Waals surface area (Å²) in [5, 5.41) is 0. The Bertz CT molecular complexity index is 326. The zero-order valence-electron chi connectivity index (χ0n) is 14.5. The van der Waals surface area contributed by atoms with Crippen molar-refractivity contribution in [3.8, 4) is 0 Å². The summed E-state index contributed by atoms with van der Waals surface area (Å²) in [7, 11) is 7.03. The normalized spacial score (nSPS) is 17.9. The summed E-state index contributed by atoms with van der Waals surface area (Å²) in [6.07, 6.45) is 10.7. The summed E-state index contributed by atoms with van der Waals surface area (Å²) in [4.78, 5) is 0. The van der Waals surface area contributed by atoms with E-state index in [1.165, 1.54) is 6.42 Å². The maximum absolute atomic E-state index is 3.12. The Morgan fingerprint density at radius 1 is 0.750 bits per heavy atom. The summed E-state index contributed by atoms with van der Waals surface area (Å²) in [6.45, 7) is 12.6. The fraction of sp³-hybridized carbons (Fsp3) is 0.750. The molecular formula is C16H33HfN3. The van der Waals surface area contributed by atoms with Crippen LogP contribution in [0, 0.1) is 0 Å². The third-order valence-electron chi connectivity index (χ3n) is 5.13. The molecule has 0 N–H and O–H groups in total. The van der Waals surface area contributed by atoms with Crippen LogP contribution in [0.2, 0.25) is 3.17 Å². The molecule has 116 valence electrons. The van der Waals surface area contributed by atoms with Crippen LogP contribution in [-0.4, -0.2) is 49.4 Å². The number of hydrogen-bond donors (Lipinski definition) is 0. The van der Waals surface area contributed by atoms with Crippen molar-refractivity contribution >= 4 is 0 Å². The molecular weight excluding hydrogens is 413 g/mol. The Labute approximate surface area is 131 Å². The van der Waals surface area contributed by atoms with E-state index in [0.29, 0.717) is 0 Å². The molecule has 0 aliphatic heterocycles. The van der Waals surface area contributed by atoms with Crippen LogP contribution in [0.25, 0.3) is 0 Å². The van der Waals surface area contributed by atoms with Gasteiger partial charge in [-0.05, 0) is 0 Å². The van der Waals surface area contributed by atoms with Crippen LogP contribution in [0.4, 0.5) is 0 Å². The van der Waals surface area contributed by atoms with Gasteiger partial charge in [-0.2, -0.15) is 0 Å². The zero-order valence-corrected chi connectivity index (χ0v) is 18.1. The molecule has 0 aromatic rings. The van der Waals surface area contributed by atoms with Crippen LogP contribution >= 0.6 is 0 Å². The minimum atomic E-state index is -3.12. The first-order valence-electron chi connectivity index (χ1n) is 7.97. The molecule has 1 aliphatic rings. The quantitative estimate of drug-likeness (QED) is 0.530. The second-order valence-corrected chi connectivity index (χ2v) is 21.9. The van der Waals surface area contributed by atoms with Gasteiger partial charge in [-0.3, -0.25) is 0 Å². The molecule has 4 heteroatoms. The van der Waals surface area contributed by atoms with Gasteiger partial charge < -0.3 is 0 Å². The number of nitrogens with zero attached hydrogens (tertiary/aromatic N) is 3. The van der Waals surface area contributed by atoms with Crippen molar-refractivity contribution in [3.63, 3.8) is 0 Å². The number of allylic oxidation sites excluding steroid dienone is 4. The standard InChI is InChI=1S/C7H9.3C3H8N.Hf/c1-2-7-5-3-4-6-7;3*1-3-4-2;/h3-6H,2H2,1H3;3*3H2,1-2H3;/q;3*-1;+3. The van der Waals surface area contributed by atoms with Gasteiger partial charge in [0, 0.05) is 0 Å².